The third-order valence-electron chi connectivity index (χ3n) is 2.19. The Hall–Kier alpha value is -0.630. The molecule has 0 heterocycles. The van der Waals surface area contributed by atoms with E-state index < -0.39 is 0 Å². The summed E-state index contributed by atoms with van der Waals surface area (Å²) in [5.74, 6) is 0.250. The van der Waals surface area contributed by atoms with Crippen LogP contribution >= 0.6 is 15.9 Å². The van der Waals surface area contributed by atoms with Crippen LogP contribution in [0.4, 0.5) is 0 Å². The number of hydrogen-bond donors (Lipinski definition) is 0. The molecule has 0 aliphatic rings. The Morgan fingerprint density at radius 2 is 2.21 bits per heavy atom. The highest BCUT2D eigenvalue weighted by Crippen LogP contribution is 2.10. The SMILES string of the molecule is CCc1cccc(C(=O)CCCBr)c1. The summed E-state index contributed by atoms with van der Waals surface area (Å²) in [7, 11) is 0. The van der Waals surface area contributed by atoms with E-state index in [9.17, 15) is 4.79 Å². The summed E-state index contributed by atoms with van der Waals surface area (Å²) in [4.78, 5) is 11.7. The Morgan fingerprint density at radius 1 is 1.43 bits per heavy atom. The van der Waals surface area contributed by atoms with Gasteiger partial charge in [-0.1, -0.05) is 41.1 Å². The Balaban J connectivity index is 2.69. The largest absolute Gasteiger partial charge is 0.294 e. The van der Waals surface area contributed by atoms with Gasteiger partial charge in [0.15, 0.2) is 5.78 Å². The third-order valence-corrected chi connectivity index (χ3v) is 2.76. The van der Waals surface area contributed by atoms with Crippen LogP contribution in [0.2, 0.25) is 0 Å². The van der Waals surface area contributed by atoms with E-state index in [0.717, 1.165) is 23.7 Å². The van der Waals surface area contributed by atoms with Crippen molar-refractivity contribution in [2.75, 3.05) is 5.33 Å². The van der Waals surface area contributed by atoms with Gasteiger partial charge in [-0.2, -0.15) is 0 Å². The average Bonchev–Trinajstić information content (AvgIpc) is 2.26. The zero-order chi connectivity index (χ0) is 10.4. The van der Waals surface area contributed by atoms with Crippen LogP contribution in [0.3, 0.4) is 0 Å². The molecule has 0 amide bonds. The highest BCUT2D eigenvalue weighted by molar-refractivity contribution is 9.09. The summed E-state index contributed by atoms with van der Waals surface area (Å²) in [5, 5.41) is 0.895. The summed E-state index contributed by atoms with van der Waals surface area (Å²) in [6.07, 6.45) is 2.53. The molecule has 0 radical (unpaired) electrons. The number of carbonyl (C=O) groups excluding carboxylic acids is 1. The second-order valence-electron chi connectivity index (χ2n) is 3.27. The number of rotatable bonds is 5. The Kier molecular flexibility index (Phi) is 4.88. The first-order chi connectivity index (χ1) is 6.77. The van der Waals surface area contributed by atoms with Gasteiger partial charge in [-0.25, -0.2) is 0 Å². The Bertz CT molecular complexity index is 307. The van der Waals surface area contributed by atoms with Crippen LogP contribution in [0, 0.1) is 0 Å². The van der Waals surface area contributed by atoms with E-state index in [1.807, 2.05) is 18.2 Å². The first kappa shape index (κ1) is 11.4. The van der Waals surface area contributed by atoms with Gasteiger partial charge in [-0.15, -0.1) is 0 Å². The summed E-state index contributed by atoms with van der Waals surface area (Å²) < 4.78 is 0. The van der Waals surface area contributed by atoms with Gasteiger partial charge in [0.1, 0.15) is 0 Å². The standard InChI is InChI=1S/C12H15BrO/c1-2-10-5-3-6-11(9-10)12(14)7-4-8-13/h3,5-6,9H,2,4,7-8H2,1H3. The van der Waals surface area contributed by atoms with Crippen LogP contribution in [0.5, 0.6) is 0 Å². The van der Waals surface area contributed by atoms with Crippen molar-refractivity contribution in [1.82, 2.24) is 0 Å². The second kappa shape index (κ2) is 5.97. The lowest BCUT2D eigenvalue weighted by atomic mass is 10.0. The first-order valence-corrected chi connectivity index (χ1v) is 6.08. The molecule has 0 aromatic heterocycles. The molecule has 76 valence electrons. The lowest BCUT2D eigenvalue weighted by Crippen LogP contribution is -1.99. The summed E-state index contributed by atoms with van der Waals surface area (Å²) in [6.45, 7) is 2.10. The monoisotopic (exact) mass is 254 g/mol. The first-order valence-electron chi connectivity index (χ1n) is 4.96. The number of aryl methyl sites for hydroxylation is 1. The van der Waals surface area contributed by atoms with E-state index in [0.29, 0.717) is 6.42 Å². The molecule has 0 aliphatic carbocycles. The van der Waals surface area contributed by atoms with Gasteiger partial charge in [0.05, 0.1) is 0 Å². The smallest absolute Gasteiger partial charge is 0.162 e. The Labute approximate surface area is 93.7 Å². The molecule has 14 heavy (non-hydrogen) atoms. The van der Waals surface area contributed by atoms with Crippen LogP contribution in [0.1, 0.15) is 35.7 Å². The lowest BCUT2D eigenvalue weighted by molar-refractivity contribution is 0.0982. The maximum absolute atomic E-state index is 11.7. The molecule has 2 heteroatoms. The minimum absolute atomic E-state index is 0.250. The molecule has 1 rings (SSSR count). The van der Waals surface area contributed by atoms with Crippen molar-refractivity contribution in [2.45, 2.75) is 26.2 Å². The van der Waals surface area contributed by atoms with Gasteiger partial charge in [0.25, 0.3) is 0 Å². The van der Waals surface area contributed by atoms with Gasteiger partial charge < -0.3 is 0 Å². The summed E-state index contributed by atoms with van der Waals surface area (Å²) >= 11 is 3.33. The van der Waals surface area contributed by atoms with Crippen LogP contribution in [-0.2, 0) is 6.42 Å². The van der Waals surface area contributed by atoms with Crippen molar-refractivity contribution in [1.29, 1.82) is 0 Å². The van der Waals surface area contributed by atoms with E-state index >= 15 is 0 Å². The molecule has 0 atom stereocenters. The van der Waals surface area contributed by atoms with Gasteiger partial charge in [-0.05, 0) is 24.5 Å². The van der Waals surface area contributed by atoms with E-state index in [2.05, 4.69) is 28.9 Å². The van der Waals surface area contributed by atoms with Gasteiger partial charge in [0, 0.05) is 17.3 Å². The zero-order valence-electron chi connectivity index (χ0n) is 8.42. The van der Waals surface area contributed by atoms with E-state index in [1.165, 1.54) is 5.56 Å². The molecule has 0 aliphatic heterocycles. The number of benzene rings is 1. The summed E-state index contributed by atoms with van der Waals surface area (Å²) in [5.41, 5.74) is 2.08. The molecule has 1 nitrogen and oxygen atoms in total. The number of halogens is 1. The minimum atomic E-state index is 0.250. The molecule has 0 saturated heterocycles. The maximum atomic E-state index is 11.7. The van der Waals surface area contributed by atoms with Crippen LogP contribution in [0.25, 0.3) is 0 Å². The number of alkyl halides is 1. The fourth-order valence-electron chi connectivity index (χ4n) is 1.34. The van der Waals surface area contributed by atoms with Crippen LogP contribution in [-0.4, -0.2) is 11.1 Å². The fourth-order valence-corrected chi connectivity index (χ4v) is 1.62. The average molecular weight is 255 g/mol. The maximum Gasteiger partial charge on any atom is 0.162 e. The minimum Gasteiger partial charge on any atom is -0.294 e. The summed E-state index contributed by atoms with van der Waals surface area (Å²) in [6, 6.07) is 7.91. The van der Waals surface area contributed by atoms with Gasteiger partial charge in [-0.3, -0.25) is 4.79 Å². The van der Waals surface area contributed by atoms with Gasteiger partial charge in [0.2, 0.25) is 0 Å². The number of hydrogen-bond acceptors (Lipinski definition) is 1. The lowest BCUT2D eigenvalue weighted by Gasteiger charge is -2.01. The van der Waals surface area contributed by atoms with Crippen molar-refractivity contribution in [3.8, 4) is 0 Å². The van der Waals surface area contributed by atoms with Crippen molar-refractivity contribution >= 4 is 21.7 Å². The number of ketones is 1. The fraction of sp³-hybridized carbons (Fsp3) is 0.417. The van der Waals surface area contributed by atoms with E-state index in [1.54, 1.807) is 0 Å². The number of Topliss-reactive ketones (excluding diaryl/α,β-unsaturated/α-hetero) is 1. The van der Waals surface area contributed by atoms with Gasteiger partial charge >= 0.3 is 0 Å². The van der Waals surface area contributed by atoms with Crippen LogP contribution in [0.15, 0.2) is 24.3 Å². The molecule has 0 bridgehead atoms. The van der Waals surface area contributed by atoms with Crippen molar-refractivity contribution < 1.29 is 4.79 Å². The molecule has 1 aromatic rings. The molecular formula is C12H15BrO. The normalized spacial score (nSPS) is 10.1. The van der Waals surface area contributed by atoms with Crippen LogP contribution < -0.4 is 0 Å². The number of carbonyl (C=O) groups is 1. The predicted molar refractivity (Wildman–Crippen MR) is 63.2 cm³/mol. The molecule has 0 unspecified atom stereocenters. The van der Waals surface area contributed by atoms with E-state index in [-0.39, 0.29) is 5.78 Å². The van der Waals surface area contributed by atoms with Crippen molar-refractivity contribution in [3.05, 3.63) is 35.4 Å². The molecule has 0 N–H and O–H groups in total. The second-order valence-corrected chi connectivity index (χ2v) is 4.06. The van der Waals surface area contributed by atoms with E-state index in [4.69, 9.17) is 0 Å². The van der Waals surface area contributed by atoms with Crippen molar-refractivity contribution in [3.63, 3.8) is 0 Å². The zero-order valence-corrected chi connectivity index (χ0v) is 10.0. The topological polar surface area (TPSA) is 17.1 Å². The molecule has 0 saturated carbocycles. The molecular weight excluding hydrogens is 240 g/mol. The molecule has 0 spiro atoms. The molecule has 1 aromatic carbocycles. The van der Waals surface area contributed by atoms with Crippen molar-refractivity contribution in [2.24, 2.45) is 0 Å². The molecule has 0 fully saturated rings. The highest BCUT2D eigenvalue weighted by atomic mass is 79.9. The third kappa shape index (κ3) is 3.26. The quantitative estimate of drug-likeness (QED) is 0.580. The Morgan fingerprint density at radius 3 is 2.86 bits per heavy atom. The highest BCUT2D eigenvalue weighted by Gasteiger charge is 2.04. The predicted octanol–water partition coefficient (Wildman–Crippen LogP) is 3.61.